The summed E-state index contributed by atoms with van der Waals surface area (Å²) in [7, 11) is 0. The molecule has 2 aliphatic heterocycles. The molecule has 2 rings (SSSR count). The maximum absolute atomic E-state index is 11.0. The summed E-state index contributed by atoms with van der Waals surface area (Å²) in [5.41, 5.74) is -0.0475. The lowest BCUT2D eigenvalue weighted by molar-refractivity contribution is -0.145. The molecule has 1 saturated heterocycles. The fourth-order valence-electron chi connectivity index (χ4n) is 1.44. The Hall–Kier alpha value is -1.01. The number of thioether (sulfide) groups is 1. The van der Waals surface area contributed by atoms with E-state index in [1.54, 1.807) is 0 Å². The zero-order chi connectivity index (χ0) is 9.59. The summed E-state index contributed by atoms with van der Waals surface area (Å²) < 4.78 is 0. The van der Waals surface area contributed by atoms with Crippen LogP contribution in [-0.4, -0.2) is 39.0 Å². The van der Waals surface area contributed by atoms with Gasteiger partial charge in [0.05, 0.1) is 18.4 Å². The minimum atomic E-state index is -1.15. The summed E-state index contributed by atoms with van der Waals surface area (Å²) in [4.78, 5) is 23.4. The summed E-state index contributed by atoms with van der Waals surface area (Å²) in [6.45, 7) is -0.313. The summed E-state index contributed by atoms with van der Waals surface area (Å²) in [5.74, 6) is -1.33. The van der Waals surface area contributed by atoms with Gasteiger partial charge in [-0.3, -0.25) is 9.69 Å². The Kier molecular flexibility index (Phi) is 1.81. The highest BCUT2D eigenvalue weighted by Gasteiger charge is 2.47. The van der Waals surface area contributed by atoms with Crippen LogP contribution < -0.4 is 0 Å². The molecule has 0 aromatic rings. The van der Waals surface area contributed by atoms with Gasteiger partial charge in [-0.1, -0.05) is 11.8 Å². The third-order valence-electron chi connectivity index (χ3n) is 2.04. The summed E-state index contributed by atoms with van der Waals surface area (Å²) in [6.07, 6.45) is 0.366. The fraction of sp³-hybridized carbons (Fsp3) is 0.429. The maximum atomic E-state index is 11.0. The lowest BCUT2D eigenvalue weighted by Crippen LogP contribution is -2.48. The molecule has 0 aliphatic carbocycles. The van der Waals surface area contributed by atoms with Crippen LogP contribution in [0.25, 0.3) is 0 Å². The number of amides is 1. The predicted octanol–water partition coefficient (Wildman–Crippen LogP) is -0.420. The summed E-state index contributed by atoms with van der Waals surface area (Å²) in [6, 6.07) is 0. The maximum Gasteiger partial charge on any atom is 0.353 e. The molecule has 13 heavy (non-hydrogen) atoms. The van der Waals surface area contributed by atoms with Crippen LogP contribution in [0.4, 0.5) is 0 Å². The van der Waals surface area contributed by atoms with Crippen molar-refractivity contribution in [3.05, 3.63) is 10.6 Å². The first-order valence-electron chi connectivity index (χ1n) is 3.71. The normalized spacial score (nSPS) is 26.1. The molecule has 0 aromatic heterocycles. The van der Waals surface area contributed by atoms with Gasteiger partial charge in [-0.25, -0.2) is 4.79 Å². The second-order valence-electron chi connectivity index (χ2n) is 2.78. The van der Waals surface area contributed by atoms with Gasteiger partial charge in [-0.15, -0.1) is 0 Å². The first-order chi connectivity index (χ1) is 6.15. The van der Waals surface area contributed by atoms with E-state index in [4.69, 9.17) is 10.2 Å². The number of aliphatic hydroxyl groups excluding tert-OH is 1. The molecule has 2 aliphatic rings. The molecule has 2 heterocycles. The van der Waals surface area contributed by atoms with Crippen molar-refractivity contribution in [1.29, 1.82) is 0 Å². The lowest BCUT2D eigenvalue weighted by Gasteiger charge is -2.33. The van der Waals surface area contributed by atoms with Gasteiger partial charge in [0, 0.05) is 4.91 Å². The van der Waals surface area contributed by atoms with E-state index in [0.717, 1.165) is 0 Å². The first kappa shape index (κ1) is 8.58. The number of nitrogens with zero attached hydrogens (tertiary/aromatic N) is 1. The molecule has 0 radical (unpaired) electrons. The van der Waals surface area contributed by atoms with Crippen LogP contribution in [0, 0.1) is 0 Å². The van der Waals surface area contributed by atoms with E-state index < -0.39 is 5.97 Å². The number of carbonyl (C=O) groups excluding carboxylic acids is 1. The molecule has 0 bridgehead atoms. The van der Waals surface area contributed by atoms with Crippen LogP contribution >= 0.6 is 11.8 Å². The summed E-state index contributed by atoms with van der Waals surface area (Å²) >= 11 is 1.25. The second kappa shape index (κ2) is 2.74. The first-order valence-corrected chi connectivity index (χ1v) is 4.59. The molecular weight excluding hydrogens is 194 g/mol. The van der Waals surface area contributed by atoms with Gasteiger partial charge in [-0.2, -0.15) is 0 Å². The van der Waals surface area contributed by atoms with Crippen molar-refractivity contribution >= 4 is 23.6 Å². The molecule has 1 unspecified atom stereocenters. The third-order valence-corrected chi connectivity index (χ3v) is 3.29. The molecule has 5 nitrogen and oxygen atoms in total. The SMILES string of the molecule is O=C(O)C1=C(CO)SC2CC(=O)N12. The molecule has 0 spiro atoms. The van der Waals surface area contributed by atoms with E-state index in [0.29, 0.717) is 11.3 Å². The standard InChI is InChI=1S/C7H7NO4S/c9-2-3-6(7(11)12)8-4(10)1-5(8)13-3/h5,9H,1-2H2,(H,11,12). The van der Waals surface area contributed by atoms with E-state index in [1.165, 1.54) is 16.7 Å². The van der Waals surface area contributed by atoms with Crippen molar-refractivity contribution in [2.24, 2.45) is 0 Å². The van der Waals surface area contributed by atoms with Crippen molar-refractivity contribution in [1.82, 2.24) is 4.90 Å². The number of β-lactam (4-membered cyclic amide) rings is 1. The molecule has 0 aromatic carbocycles. The highest BCUT2D eigenvalue weighted by molar-refractivity contribution is 8.04. The molecule has 70 valence electrons. The van der Waals surface area contributed by atoms with Crippen LogP contribution in [0.1, 0.15) is 6.42 Å². The van der Waals surface area contributed by atoms with Gasteiger partial charge < -0.3 is 10.2 Å². The Morgan fingerprint density at radius 3 is 2.85 bits per heavy atom. The molecular formula is C7H7NO4S. The number of carbonyl (C=O) groups is 2. The average Bonchev–Trinajstić information content (AvgIpc) is 2.37. The second-order valence-corrected chi connectivity index (χ2v) is 4.05. The van der Waals surface area contributed by atoms with E-state index in [-0.39, 0.29) is 23.6 Å². The Morgan fingerprint density at radius 2 is 2.38 bits per heavy atom. The molecule has 1 fully saturated rings. The average molecular weight is 201 g/mol. The topological polar surface area (TPSA) is 77.8 Å². The van der Waals surface area contributed by atoms with Gasteiger partial charge in [0.1, 0.15) is 5.70 Å². The number of carboxylic acids is 1. The zero-order valence-electron chi connectivity index (χ0n) is 6.56. The van der Waals surface area contributed by atoms with Crippen LogP contribution in [0.3, 0.4) is 0 Å². The quantitative estimate of drug-likeness (QED) is 0.593. The third kappa shape index (κ3) is 1.06. The van der Waals surface area contributed by atoms with Gasteiger partial charge in [0.25, 0.3) is 0 Å². The van der Waals surface area contributed by atoms with Crippen molar-refractivity contribution in [3.63, 3.8) is 0 Å². The largest absolute Gasteiger partial charge is 0.477 e. The number of hydrogen-bond donors (Lipinski definition) is 2. The van der Waals surface area contributed by atoms with E-state index in [2.05, 4.69) is 0 Å². The summed E-state index contributed by atoms with van der Waals surface area (Å²) in [5, 5.41) is 17.5. The van der Waals surface area contributed by atoms with Gasteiger partial charge in [0.2, 0.25) is 5.91 Å². The van der Waals surface area contributed by atoms with E-state index >= 15 is 0 Å². The van der Waals surface area contributed by atoms with Crippen LogP contribution in [0.15, 0.2) is 10.6 Å². The van der Waals surface area contributed by atoms with Crippen LogP contribution in [-0.2, 0) is 9.59 Å². The Bertz CT molecular complexity index is 324. The number of fused-ring (bicyclic) bond motifs is 1. The number of carboxylic acid groups (broad SMARTS) is 1. The van der Waals surface area contributed by atoms with Gasteiger partial charge in [0.15, 0.2) is 0 Å². The van der Waals surface area contributed by atoms with Crippen molar-refractivity contribution < 1.29 is 19.8 Å². The van der Waals surface area contributed by atoms with Crippen molar-refractivity contribution in [2.75, 3.05) is 6.61 Å². The molecule has 0 saturated carbocycles. The van der Waals surface area contributed by atoms with Crippen molar-refractivity contribution in [3.8, 4) is 0 Å². The smallest absolute Gasteiger partial charge is 0.353 e. The molecule has 6 heteroatoms. The minimum Gasteiger partial charge on any atom is -0.477 e. The fourth-order valence-corrected chi connectivity index (χ4v) is 2.69. The number of aliphatic hydroxyl groups is 1. The minimum absolute atomic E-state index is 0.0475. The zero-order valence-corrected chi connectivity index (χ0v) is 7.37. The lowest BCUT2D eigenvalue weighted by atomic mass is 10.1. The Labute approximate surface area is 78.0 Å². The number of hydrogen-bond acceptors (Lipinski definition) is 4. The number of rotatable bonds is 2. The highest BCUT2D eigenvalue weighted by atomic mass is 32.2. The van der Waals surface area contributed by atoms with Crippen molar-refractivity contribution in [2.45, 2.75) is 11.8 Å². The Morgan fingerprint density at radius 1 is 1.69 bits per heavy atom. The van der Waals surface area contributed by atoms with Crippen LogP contribution in [0.5, 0.6) is 0 Å². The predicted molar refractivity (Wildman–Crippen MR) is 44.6 cm³/mol. The van der Waals surface area contributed by atoms with Gasteiger partial charge >= 0.3 is 5.97 Å². The number of aliphatic carboxylic acids is 1. The highest BCUT2D eigenvalue weighted by Crippen LogP contribution is 2.45. The molecule has 2 N–H and O–H groups in total. The van der Waals surface area contributed by atoms with Crippen LogP contribution in [0.2, 0.25) is 0 Å². The van der Waals surface area contributed by atoms with Gasteiger partial charge in [-0.05, 0) is 0 Å². The molecule has 1 amide bonds. The monoisotopic (exact) mass is 201 g/mol. The Balaban J connectivity index is 2.34. The van der Waals surface area contributed by atoms with E-state index in [9.17, 15) is 9.59 Å². The molecule has 1 atom stereocenters. The van der Waals surface area contributed by atoms with E-state index in [1.807, 2.05) is 0 Å².